The van der Waals surface area contributed by atoms with E-state index in [1.54, 1.807) is 0 Å². The highest BCUT2D eigenvalue weighted by Gasteiger charge is 2.12. The lowest BCUT2D eigenvalue weighted by Gasteiger charge is -2.26. The summed E-state index contributed by atoms with van der Waals surface area (Å²) in [6.07, 6.45) is 0.526. The van der Waals surface area contributed by atoms with Crippen molar-refractivity contribution in [2.75, 3.05) is 5.01 Å². The fraction of sp³-hybridized carbons (Fsp3) is 0.278. The van der Waals surface area contributed by atoms with Gasteiger partial charge < -0.3 is 0 Å². The van der Waals surface area contributed by atoms with Crippen molar-refractivity contribution in [1.29, 1.82) is 0 Å². The predicted molar refractivity (Wildman–Crippen MR) is 86.7 cm³/mol. The van der Waals surface area contributed by atoms with E-state index in [9.17, 15) is 4.79 Å². The molecule has 3 nitrogen and oxygen atoms in total. The quantitative estimate of drug-likeness (QED) is 0.818. The van der Waals surface area contributed by atoms with Crippen LogP contribution in [0.15, 0.2) is 60.7 Å². The third kappa shape index (κ3) is 4.95. The smallest absolute Gasteiger partial charge is 0.238 e. The highest BCUT2D eigenvalue weighted by atomic mass is 16.2. The third-order valence-corrected chi connectivity index (χ3v) is 3.10. The Morgan fingerprint density at radius 3 is 2.14 bits per heavy atom. The zero-order valence-corrected chi connectivity index (χ0v) is 12.6. The minimum Gasteiger partial charge on any atom is -0.281 e. The predicted octanol–water partition coefficient (Wildman–Crippen LogP) is 3.77. The van der Waals surface area contributed by atoms with E-state index in [1.807, 2.05) is 67.4 Å². The Morgan fingerprint density at radius 2 is 1.57 bits per heavy atom. The number of para-hydroxylation sites is 1. The Kier molecular flexibility index (Phi) is 5.38. The van der Waals surface area contributed by atoms with Crippen LogP contribution in [0.5, 0.6) is 0 Å². The van der Waals surface area contributed by atoms with Gasteiger partial charge in [0.1, 0.15) is 0 Å². The molecule has 0 aromatic heterocycles. The fourth-order valence-corrected chi connectivity index (χ4v) is 2.14. The Hall–Kier alpha value is -2.29. The summed E-state index contributed by atoms with van der Waals surface area (Å²) < 4.78 is 0. The van der Waals surface area contributed by atoms with Gasteiger partial charge in [-0.3, -0.25) is 15.2 Å². The van der Waals surface area contributed by atoms with Crippen LogP contribution in [0.2, 0.25) is 0 Å². The summed E-state index contributed by atoms with van der Waals surface area (Å²) in [5.74, 6) is 0.393. The van der Waals surface area contributed by atoms with Gasteiger partial charge >= 0.3 is 0 Å². The number of benzene rings is 2. The van der Waals surface area contributed by atoms with E-state index in [0.717, 1.165) is 11.3 Å². The van der Waals surface area contributed by atoms with Gasteiger partial charge in [-0.2, -0.15) is 0 Å². The number of rotatable bonds is 6. The molecule has 0 aliphatic heterocycles. The molecule has 0 atom stereocenters. The minimum atomic E-state index is 0.0461. The molecule has 0 spiro atoms. The molecule has 0 bridgehead atoms. The minimum absolute atomic E-state index is 0.0461. The zero-order chi connectivity index (χ0) is 15.1. The van der Waals surface area contributed by atoms with Crippen molar-refractivity contribution < 1.29 is 4.79 Å². The van der Waals surface area contributed by atoms with Crippen LogP contribution in [0.4, 0.5) is 5.69 Å². The Balaban J connectivity index is 2.13. The summed E-state index contributed by atoms with van der Waals surface area (Å²) in [6, 6.07) is 20.0. The number of anilines is 1. The first-order chi connectivity index (χ1) is 10.1. The molecule has 3 heteroatoms. The van der Waals surface area contributed by atoms with E-state index >= 15 is 0 Å². The molecule has 0 aliphatic carbocycles. The lowest BCUT2D eigenvalue weighted by molar-refractivity contribution is -0.122. The number of hydrogen-bond donors (Lipinski definition) is 1. The topological polar surface area (TPSA) is 32.3 Å². The molecule has 0 heterocycles. The molecule has 1 amide bonds. The molecule has 0 fully saturated rings. The zero-order valence-electron chi connectivity index (χ0n) is 12.6. The van der Waals surface area contributed by atoms with Gasteiger partial charge in [-0.25, -0.2) is 0 Å². The first-order valence-corrected chi connectivity index (χ1v) is 7.31. The monoisotopic (exact) mass is 282 g/mol. The van der Waals surface area contributed by atoms with Gasteiger partial charge in [-0.05, 0) is 23.6 Å². The second-order valence-electron chi connectivity index (χ2n) is 5.54. The lowest BCUT2D eigenvalue weighted by atomic mass is 10.1. The highest BCUT2D eigenvalue weighted by Crippen LogP contribution is 2.15. The number of carbonyl (C=O) groups excluding carboxylic acids is 1. The SMILES string of the molecule is CC(C)CC(=O)NN(Cc1ccccc1)c1ccccc1. The van der Waals surface area contributed by atoms with Crippen molar-refractivity contribution in [3.05, 3.63) is 66.2 Å². The summed E-state index contributed by atoms with van der Waals surface area (Å²) in [5.41, 5.74) is 5.15. The van der Waals surface area contributed by atoms with Crippen LogP contribution < -0.4 is 10.4 Å². The molecule has 0 unspecified atom stereocenters. The van der Waals surface area contributed by atoms with Gasteiger partial charge in [0.2, 0.25) is 5.91 Å². The second-order valence-corrected chi connectivity index (χ2v) is 5.54. The Bertz CT molecular complexity index is 552. The number of hydrogen-bond acceptors (Lipinski definition) is 2. The molecule has 0 saturated carbocycles. The van der Waals surface area contributed by atoms with E-state index in [1.165, 1.54) is 0 Å². The van der Waals surface area contributed by atoms with Crippen molar-refractivity contribution in [1.82, 2.24) is 5.43 Å². The molecule has 110 valence electrons. The van der Waals surface area contributed by atoms with Crippen LogP contribution in [0.1, 0.15) is 25.8 Å². The summed E-state index contributed by atoms with van der Waals surface area (Å²) >= 11 is 0. The van der Waals surface area contributed by atoms with Gasteiger partial charge in [0.05, 0.1) is 12.2 Å². The van der Waals surface area contributed by atoms with E-state index < -0.39 is 0 Å². The van der Waals surface area contributed by atoms with Crippen molar-refractivity contribution in [2.24, 2.45) is 5.92 Å². The first kappa shape index (κ1) is 15.1. The van der Waals surface area contributed by atoms with Crippen molar-refractivity contribution in [3.8, 4) is 0 Å². The number of carbonyl (C=O) groups is 1. The maximum absolute atomic E-state index is 12.1. The number of nitrogens with one attached hydrogen (secondary N) is 1. The fourth-order valence-electron chi connectivity index (χ4n) is 2.14. The molecule has 2 rings (SSSR count). The Labute approximate surface area is 126 Å². The largest absolute Gasteiger partial charge is 0.281 e. The number of nitrogens with zero attached hydrogens (tertiary/aromatic N) is 1. The molecule has 2 aromatic carbocycles. The molecule has 0 aliphatic rings. The van der Waals surface area contributed by atoms with Crippen molar-refractivity contribution in [2.45, 2.75) is 26.8 Å². The van der Waals surface area contributed by atoms with Gasteiger partial charge in [-0.1, -0.05) is 62.4 Å². The van der Waals surface area contributed by atoms with Gasteiger partial charge in [-0.15, -0.1) is 0 Å². The van der Waals surface area contributed by atoms with E-state index in [0.29, 0.717) is 18.9 Å². The third-order valence-electron chi connectivity index (χ3n) is 3.10. The number of amides is 1. The van der Waals surface area contributed by atoms with Crippen LogP contribution in [0.25, 0.3) is 0 Å². The van der Waals surface area contributed by atoms with E-state index in [2.05, 4.69) is 17.6 Å². The first-order valence-electron chi connectivity index (χ1n) is 7.31. The molecule has 0 radical (unpaired) electrons. The summed E-state index contributed by atoms with van der Waals surface area (Å²) in [4.78, 5) is 12.1. The average Bonchev–Trinajstić information content (AvgIpc) is 2.48. The van der Waals surface area contributed by atoms with Crippen LogP contribution in [0.3, 0.4) is 0 Å². The van der Waals surface area contributed by atoms with Crippen LogP contribution >= 0.6 is 0 Å². The standard InChI is InChI=1S/C18H22N2O/c1-15(2)13-18(21)19-20(17-11-7-4-8-12-17)14-16-9-5-3-6-10-16/h3-12,15H,13-14H2,1-2H3,(H,19,21). The van der Waals surface area contributed by atoms with Crippen LogP contribution in [-0.4, -0.2) is 5.91 Å². The van der Waals surface area contributed by atoms with Crippen molar-refractivity contribution in [3.63, 3.8) is 0 Å². The van der Waals surface area contributed by atoms with E-state index in [4.69, 9.17) is 0 Å². The number of hydrazine groups is 1. The van der Waals surface area contributed by atoms with Crippen LogP contribution in [0, 0.1) is 5.92 Å². The average molecular weight is 282 g/mol. The second kappa shape index (κ2) is 7.48. The molecule has 1 N–H and O–H groups in total. The van der Waals surface area contributed by atoms with Gasteiger partial charge in [0.15, 0.2) is 0 Å². The maximum Gasteiger partial charge on any atom is 0.238 e. The van der Waals surface area contributed by atoms with Crippen LogP contribution in [-0.2, 0) is 11.3 Å². The summed E-state index contributed by atoms with van der Waals surface area (Å²) in [5, 5.41) is 1.90. The molecule has 0 saturated heterocycles. The molecular weight excluding hydrogens is 260 g/mol. The molecular formula is C18H22N2O. The van der Waals surface area contributed by atoms with Gasteiger partial charge in [0, 0.05) is 6.42 Å². The summed E-state index contributed by atoms with van der Waals surface area (Å²) in [6.45, 7) is 4.74. The summed E-state index contributed by atoms with van der Waals surface area (Å²) in [7, 11) is 0. The molecule has 21 heavy (non-hydrogen) atoms. The normalized spacial score (nSPS) is 10.4. The van der Waals surface area contributed by atoms with E-state index in [-0.39, 0.29) is 5.91 Å². The van der Waals surface area contributed by atoms with Gasteiger partial charge in [0.25, 0.3) is 0 Å². The Morgan fingerprint density at radius 1 is 1.00 bits per heavy atom. The highest BCUT2D eigenvalue weighted by molar-refractivity contribution is 5.78. The maximum atomic E-state index is 12.1. The lowest BCUT2D eigenvalue weighted by Crippen LogP contribution is -2.42. The molecule has 2 aromatic rings. The van der Waals surface area contributed by atoms with Crippen molar-refractivity contribution >= 4 is 11.6 Å².